The van der Waals surface area contributed by atoms with E-state index in [1.807, 2.05) is 30.3 Å². The van der Waals surface area contributed by atoms with Gasteiger partial charge in [-0.05, 0) is 17.9 Å². The molecule has 0 aliphatic heterocycles. The largest absolute Gasteiger partial charge is 0.376 e. The van der Waals surface area contributed by atoms with Crippen LogP contribution in [0.2, 0.25) is 0 Å². The highest BCUT2D eigenvalue weighted by atomic mass is 16.5. The summed E-state index contributed by atoms with van der Waals surface area (Å²) >= 11 is 0. The van der Waals surface area contributed by atoms with Crippen molar-refractivity contribution in [1.29, 1.82) is 0 Å². The molecule has 0 amide bonds. The molecule has 1 aromatic carbocycles. The van der Waals surface area contributed by atoms with Gasteiger partial charge in [0.15, 0.2) is 0 Å². The summed E-state index contributed by atoms with van der Waals surface area (Å²) in [5.74, 6) is 0.314. The van der Waals surface area contributed by atoms with E-state index in [2.05, 4.69) is 6.92 Å². The first-order valence-corrected chi connectivity index (χ1v) is 5.86. The standard InChI is InChI=1S/C14H20O3/c1-12(8-14(9-15)16-2)10-17-11-13-6-4-3-5-7-13/h3-7,9,12,14H,8,10-11H2,1-2H3/t12-,14-/m0/s1. The smallest absolute Gasteiger partial charge is 0.148 e. The summed E-state index contributed by atoms with van der Waals surface area (Å²) in [4.78, 5) is 10.6. The van der Waals surface area contributed by atoms with Crippen molar-refractivity contribution in [2.24, 2.45) is 5.92 Å². The summed E-state index contributed by atoms with van der Waals surface area (Å²) in [6.45, 7) is 3.31. The zero-order chi connectivity index (χ0) is 12.5. The van der Waals surface area contributed by atoms with Crippen LogP contribution in [0.4, 0.5) is 0 Å². The number of methoxy groups -OCH3 is 1. The summed E-state index contributed by atoms with van der Waals surface area (Å²) in [6, 6.07) is 10.0. The van der Waals surface area contributed by atoms with Crippen molar-refractivity contribution in [3.05, 3.63) is 35.9 Å². The van der Waals surface area contributed by atoms with Crippen LogP contribution in [-0.2, 0) is 20.9 Å². The van der Waals surface area contributed by atoms with Gasteiger partial charge in [0.25, 0.3) is 0 Å². The van der Waals surface area contributed by atoms with E-state index in [-0.39, 0.29) is 6.10 Å². The van der Waals surface area contributed by atoms with Gasteiger partial charge in [0.1, 0.15) is 12.4 Å². The van der Waals surface area contributed by atoms with Crippen LogP contribution in [0.3, 0.4) is 0 Å². The Labute approximate surface area is 103 Å². The number of rotatable bonds is 8. The van der Waals surface area contributed by atoms with Gasteiger partial charge in [0.05, 0.1) is 6.61 Å². The molecule has 0 saturated heterocycles. The van der Waals surface area contributed by atoms with Gasteiger partial charge in [-0.3, -0.25) is 0 Å². The molecule has 17 heavy (non-hydrogen) atoms. The van der Waals surface area contributed by atoms with Crippen LogP contribution in [0.5, 0.6) is 0 Å². The molecule has 0 saturated carbocycles. The summed E-state index contributed by atoms with van der Waals surface area (Å²) in [6.07, 6.45) is 1.23. The Morgan fingerprint density at radius 3 is 2.59 bits per heavy atom. The number of hydrogen-bond donors (Lipinski definition) is 0. The first kappa shape index (κ1) is 13.9. The molecule has 1 aromatic rings. The van der Waals surface area contributed by atoms with E-state index in [0.717, 1.165) is 6.29 Å². The predicted molar refractivity (Wildman–Crippen MR) is 66.7 cm³/mol. The normalized spacial score (nSPS) is 14.2. The minimum atomic E-state index is -0.315. The average Bonchev–Trinajstić information content (AvgIpc) is 2.37. The lowest BCUT2D eigenvalue weighted by atomic mass is 10.1. The van der Waals surface area contributed by atoms with Crippen LogP contribution in [-0.4, -0.2) is 26.1 Å². The van der Waals surface area contributed by atoms with Gasteiger partial charge in [0, 0.05) is 13.7 Å². The number of ether oxygens (including phenoxy) is 2. The molecule has 0 aliphatic rings. The molecule has 94 valence electrons. The quantitative estimate of drug-likeness (QED) is 0.650. The molecule has 0 aliphatic carbocycles. The Morgan fingerprint density at radius 1 is 1.29 bits per heavy atom. The lowest BCUT2D eigenvalue weighted by Crippen LogP contribution is -2.18. The van der Waals surface area contributed by atoms with Crippen molar-refractivity contribution < 1.29 is 14.3 Å². The lowest BCUT2D eigenvalue weighted by molar-refractivity contribution is -0.117. The van der Waals surface area contributed by atoms with E-state index in [4.69, 9.17) is 9.47 Å². The fourth-order valence-corrected chi connectivity index (χ4v) is 1.62. The number of hydrogen-bond acceptors (Lipinski definition) is 3. The Hall–Kier alpha value is -1.19. The second kappa shape index (κ2) is 7.98. The molecule has 0 fully saturated rings. The molecule has 0 spiro atoms. The highest BCUT2D eigenvalue weighted by Gasteiger charge is 2.11. The average molecular weight is 236 g/mol. The Morgan fingerprint density at radius 2 is 2.00 bits per heavy atom. The molecule has 1 rings (SSSR count). The second-order valence-electron chi connectivity index (χ2n) is 4.25. The number of benzene rings is 1. The number of carbonyl (C=O) groups is 1. The molecule has 2 atom stereocenters. The van der Waals surface area contributed by atoms with Crippen molar-refractivity contribution in [1.82, 2.24) is 0 Å². The van der Waals surface area contributed by atoms with Crippen LogP contribution in [0.25, 0.3) is 0 Å². The van der Waals surface area contributed by atoms with Crippen LogP contribution in [0.1, 0.15) is 18.9 Å². The molecule has 3 heteroatoms. The van der Waals surface area contributed by atoms with Gasteiger partial charge in [-0.15, -0.1) is 0 Å². The summed E-state index contributed by atoms with van der Waals surface area (Å²) < 4.78 is 10.6. The topological polar surface area (TPSA) is 35.5 Å². The van der Waals surface area contributed by atoms with Gasteiger partial charge >= 0.3 is 0 Å². The molecule has 0 radical (unpaired) electrons. The zero-order valence-electron chi connectivity index (χ0n) is 10.5. The molecule has 0 heterocycles. The van der Waals surface area contributed by atoms with Crippen LogP contribution in [0.15, 0.2) is 30.3 Å². The maximum absolute atomic E-state index is 10.6. The summed E-state index contributed by atoms with van der Waals surface area (Å²) in [5.41, 5.74) is 1.17. The SMILES string of the molecule is CO[C@H](C=O)C[C@H](C)COCc1ccccc1. The van der Waals surface area contributed by atoms with Crippen molar-refractivity contribution in [2.75, 3.05) is 13.7 Å². The van der Waals surface area contributed by atoms with Gasteiger partial charge in [0.2, 0.25) is 0 Å². The molecule has 0 unspecified atom stereocenters. The Bertz CT molecular complexity index is 311. The highest BCUT2D eigenvalue weighted by Crippen LogP contribution is 2.09. The molecule has 3 nitrogen and oxygen atoms in total. The highest BCUT2D eigenvalue weighted by molar-refractivity contribution is 5.55. The molecule has 0 N–H and O–H groups in total. The first-order valence-electron chi connectivity index (χ1n) is 5.86. The Balaban J connectivity index is 2.20. The third-order valence-corrected chi connectivity index (χ3v) is 2.60. The van der Waals surface area contributed by atoms with E-state index < -0.39 is 0 Å². The first-order chi connectivity index (χ1) is 8.26. The minimum Gasteiger partial charge on any atom is -0.376 e. The van der Waals surface area contributed by atoms with Gasteiger partial charge in [-0.1, -0.05) is 37.3 Å². The fraction of sp³-hybridized carbons (Fsp3) is 0.500. The van der Waals surface area contributed by atoms with Crippen LogP contribution in [0, 0.1) is 5.92 Å². The van der Waals surface area contributed by atoms with Crippen LogP contribution >= 0.6 is 0 Å². The third-order valence-electron chi connectivity index (χ3n) is 2.60. The van der Waals surface area contributed by atoms with E-state index in [1.54, 1.807) is 7.11 Å². The zero-order valence-corrected chi connectivity index (χ0v) is 10.5. The predicted octanol–water partition coefficient (Wildman–Crippen LogP) is 2.44. The van der Waals surface area contributed by atoms with E-state index in [0.29, 0.717) is 25.6 Å². The molecular formula is C14H20O3. The molecule has 0 aromatic heterocycles. The number of aldehydes is 1. The van der Waals surface area contributed by atoms with E-state index >= 15 is 0 Å². The van der Waals surface area contributed by atoms with Gasteiger partial charge in [-0.25, -0.2) is 0 Å². The minimum absolute atomic E-state index is 0.314. The third kappa shape index (κ3) is 5.61. The molecule has 0 bridgehead atoms. The number of carbonyl (C=O) groups excluding carboxylic acids is 1. The van der Waals surface area contributed by atoms with Crippen molar-refractivity contribution in [3.63, 3.8) is 0 Å². The van der Waals surface area contributed by atoms with Crippen molar-refractivity contribution in [2.45, 2.75) is 26.1 Å². The fourth-order valence-electron chi connectivity index (χ4n) is 1.62. The van der Waals surface area contributed by atoms with Crippen molar-refractivity contribution in [3.8, 4) is 0 Å². The van der Waals surface area contributed by atoms with Crippen LogP contribution < -0.4 is 0 Å². The summed E-state index contributed by atoms with van der Waals surface area (Å²) in [5, 5.41) is 0. The van der Waals surface area contributed by atoms with E-state index in [1.165, 1.54) is 5.56 Å². The second-order valence-corrected chi connectivity index (χ2v) is 4.25. The van der Waals surface area contributed by atoms with E-state index in [9.17, 15) is 4.79 Å². The van der Waals surface area contributed by atoms with Gasteiger partial charge in [-0.2, -0.15) is 0 Å². The Kier molecular flexibility index (Phi) is 6.51. The molecular weight excluding hydrogens is 216 g/mol. The monoisotopic (exact) mass is 236 g/mol. The summed E-state index contributed by atoms with van der Waals surface area (Å²) in [7, 11) is 1.55. The van der Waals surface area contributed by atoms with Crippen molar-refractivity contribution >= 4 is 6.29 Å². The maximum Gasteiger partial charge on any atom is 0.148 e. The van der Waals surface area contributed by atoms with Gasteiger partial charge < -0.3 is 14.3 Å². The maximum atomic E-state index is 10.6. The lowest BCUT2D eigenvalue weighted by Gasteiger charge is -2.15.